The molecule has 0 amide bonds. The Morgan fingerprint density at radius 3 is 2.36 bits per heavy atom. The summed E-state index contributed by atoms with van der Waals surface area (Å²) in [5.41, 5.74) is 5.43. The molecule has 4 aromatic carbocycles. The first-order valence-corrected chi connectivity index (χ1v) is 7.90. The summed E-state index contributed by atoms with van der Waals surface area (Å²) in [4.78, 5) is 0. The summed E-state index contributed by atoms with van der Waals surface area (Å²) in [5, 5.41) is 6.09. The van der Waals surface area contributed by atoms with Gasteiger partial charge in [0.15, 0.2) is 0 Å². The van der Waals surface area contributed by atoms with Gasteiger partial charge in [-0.25, -0.2) is 0 Å². The molecule has 0 atom stereocenters. The molecule has 0 radical (unpaired) electrons. The molecule has 0 heterocycles. The molecule has 0 unspecified atom stereocenters. The van der Waals surface area contributed by atoms with E-state index >= 15 is 0 Å². The van der Waals surface area contributed by atoms with Crippen LogP contribution in [0.1, 0.15) is 11.1 Å². The Morgan fingerprint density at radius 2 is 1.50 bits per heavy atom. The molecular formula is C21H13Cl. The molecule has 0 fully saturated rings. The number of benzene rings is 4. The van der Waals surface area contributed by atoms with Crippen molar-refractivity contribution in [1.82, 2.24) is 0 Å². The lowest BCUT2D eigenvalue weighted by Crippen LogP contribution is -1.85. The topological polar surface area (TPSA) is 0 Å². The lowest BCUT2D eigenvalue weighted by Gasteiger charge is -2.08. The van der Waals surface area contributed by atoms with E-state index in [1.807, 2.05) is 6.07 Å². The number of rotatable bonds is 0. The molecule has 22 heavy (non-hydrogen) atoms. The third-order valence-corrected chi connectivity index (χ3v) is 4.96. The normalized spacial score (nSPS) is 12.6. The van der Waals surface area contributed by atoms with Crippen molar-refractivity contribution < 1.29 is 0 Å². The molecule has 1 aliphatic carbocycles. The van der Waals surface area contributed by atoms with Crippen molar-refractivity contribution in [3.05, 3.63) is 82.9 Å². The lowest BCUT2D eigenvalue weighted by atomic mass is 9.96. The zero-order valence-corrected chi connectivity index (χ0v) is 12.7. The SMILES string of the molecule is Clc1ccc2c(c1)-c1ccc3cc4ccccc4cc3c1C2. The Labute approximate surface area is 134 Å². The van der Waals surface area contributed by atoms with E-state index in [2.05, 4.69) is 60.7 Å². The first-order chi connectivity index (χ1) is 10.8. The second-order valence-electron chi connectivity index (χ2n) is 5.99. The van der Waals surface area contributed by atoms with Gasteiger partial charge in [0.05, 0.1) is 0 Å². The van der Waals surface area contributed by atoms with Crippen LogP contribution in [-0.2, 0) is 6.42 Å². The van der Waals surface area contributed by atoms with Crippen LogP contribution in [0.2, 0.25) is 5.02 Å². The van der Waals surface area contributed by atoms with Gasteiger partial charge in [0, 0.05) is 5.02 Å². The molecule has 0 bridgehead atoms. The van der Waals surface area contributed by atoms with Crippen LogP contribution in [0.3, 0.4) is 0 Å². The van der Waals surface area contributed by atoms with Crippen molar-refractivity contribution in [2.75, 3.05) is 0 Å². The molecule has 4 aromatic rings. The minimum Gasteiger partial charge on any atom is -0.0843 e. The van der Waals surface area contributed by atoms with E-state index in [0.29, 0.717) is 0 Å². The first kappa shape index (κ1) is 12.3. The lowest BCUT2D eigenvalue weighted by molar-refractivity contribution is 1.28. The van der Waals surface area contributed by atoms with Crippen LogP contribution in [0.4, 0.5) is 0 Å². The summed E-state index contributed by atoms with van der Waals surface area (Å²) in [5.74, 6) is 0. The molecule has 1 aliphatic rings. The van der Waals surface area contributed by atoms with E-state index in [-0.39, 0.29) is 0 Å². The van der Waals surface area contributed by atoms with Crippen LogP contribution in [0.15, 0.2) is 66.7 Å². The molecule has 0 N–H and O–H groups in total. The van der Waals surface area contributed by atoms with Crippen LogP contribution >= 0.6 is 11.6 Å². The highest BCUT2D eigenvalue weighted by Crippen LogP contribution is 2.42. The minimum absolute atomic E-state index is 0.810. The van der Waals surface area contributed by atoms with E-state index in [1.54, 1.807) is 0 Å². The zero-order chi connectivity index (χ0) is 14.7. The Morgan fingerprint density at radius 1 is 0.682 bits per heavy atom. The molecule has 0 saturated heterocycles. The van der Waals surface area contributed by atoms with Gasteiger partial charge >= 0.3 is 0 Å². The van der Waals surface area contributed by atoms with E-state index in [9.17, 15) is 0 Å². The summed E-state index contributed by atoms with van der Waals surface area (Å²) in [6.07, 6.45) is 0.998. The average molecular weight is 301 g/mol. The predicted octanol–water partition coefficient (Wildman–Crippen LogP) is 6.22. The fourth-order valence-corrected chi connectivity index (χ4v) is 3.83. The van der Waals surface area contributed by atoms with Gasteiger partial charge in [0.25, 0.3) is 0 Å². The standard InChI is InChI=1S/C21H13Cl/c22-17-7-5-16-11-21-18(20(16)12-17)8-6-15-9-13-3-1-2-4-14(13)10-19(15)21/h1-10,12H,11H2. The van der Waals surface area contributed by atoms with Crippen LogP contribution < -0.4 is 0 Å². The maximum Gasteiger partial charge on any atom is 0.0412 e. The smallest absolute Gasteiger partial charge is 0.0412 e. The monoisotopic (exact) mass is 300 g/mol. The number of fused-ring (bicyclic) bond motifs is 6. The molecule has 0 nitrogen and oxygen atoms in total. The largest absolute Gasteiger partial charge is 0.0843 e. The summed E-state index contributed by atoms with van der Waals surface area (Å²) in [6.45, 7) is 0. The minimum atomic E-state index is 0.810. The molecule has 0 aliphatic heterocycles. The second-order valence-corrected chi connectivity index (χ2v) is 6.43. The molecule has 0 aromatic heterocycles. The van der Waals surface area contributed by atoms with Gasteiger partial charge in [-0.1, -0.05) is 54.1 Å². The summed E-state index contributed by atoms with van der Waals surface area (Å²) < 4.78 is 0. The van der Waals surface area contributed by atoms with Crippen LogP contribution in [0.5, 0.6) is 0 Å². The van der Waals surface area contributed by atoms with Crippen molar-refractivity contribution in [2.45, 2.75) is 6.42 Å². The average Bonchev–Trinajstić information content (AvgIpc) is 2.91. The molecule has 1 heteroatoms. The maximum atomic E-state index is 6.19. The number of hydrogen-bond donors (Lipinski definition) is 0. The summed E-state index contributed by atoms with van der Waals surface area (Å²) >= 11 is 6.19. The molecular weight excluding hydrogens is 288 g/mol. The van der Waals surface area contributed by atoms with E-state index in [0.717, 1.165) is 11.4 Å². The van der Waals surface area contributed by atoms with Crippen LogP contribution in [0.25, 0.3) is 32.7 Å². The predicted molar refractivity (Wildman–Crippen MR) is 94.7 cm³/mol. The molecule has 5 rings (SSSR count). The van der Waals surface area contributed by atoms with Gasteiger partial charge in [-0.05, 0) is 74.5 Å². The zero-order valence-electron chi connectivity index (χ0n) is 11.9. The van der Waals surface area contributed by atoms with Gasteiger partial charge in [-0.3, -0.25) is 0 Å². The Balaban J connectivity index is 1.87. The maximum absolute atomic E-state index is 6.19. The summed E-state index contributed by atoms with van der Waals surface area (Å²) in [7, 11) is 0. The second kappa shape index (κ2) is 4.34. The van der Waals surface area contributed by atoms with E-state index in [4.69, 9.17) is 11.6 Å². The van der Waals surface area contributed by atoms with Crippen LogP contribution in [-0.4, -0.2) is 0 Å². The highest BCUT2D eigenvalue weighted by molar-refractivity contribution is 6.31. The van der Waals surface area contributed by atoms with Crippen molar-refractivity contribution in [3.8, 4) is 11.1 Å². The van der Waals surface area contributed by atoms with Gasteiger partial charge in [-0.2, -0.15) is 0 Å². The van der Waals surface area contributed by atoms with Gasteiger partial charge in [0.1, 0.15) is 0 Å². The van der Waals surface area contributed by atoms with Crippen molar-refractivity contribution in [3.63, 3.8) is 0 Å². The fraction of sp³-hybridized carbons (Fsp3) is 0.0476. The van der Waals surface area contributed by atoms with Gasteiger partial charge < -0.3 is 0 Å². The highest BCUT2D eigenvalue weighted by Gasteiger charge is 2.20. The third-order valence-electron chi connectivity index (χ3n) is 4.73. The summed E-state index contributed by atoms with van der Waals surface area (Å²) in [6, 6.07) is 23.9. The van der Waals surface area contributed by atoms with Gasteiger partial charge in [-0.15, -0.1) is 0 Å². The van der Waals surface area contributed by atoms with E-state index < -0.39 is 0 Å². The quantitative estimate of drug-likeness (QED) is 0.298. The van der Waals surface area contributed by atoms with Gasteiger partial charge in [0.2, 0.25) is 0 Å². The third kappa shape index (κ3) is 1.65. The van der Waals surface area contributed by atoms with E-state index in [1.165, 1.54) is 43.8 Å². The van der Waals surface area contributed by atoms with Crippen LogP contribution in [0, 0.1) is 0 Å². The fourth-order valence-electron chi connectivity index (χ4n) is 3.66. The Bertz CT molecular complexity index is 1060. The molecule has 0 saturated carbocycles. The molecule has 0 spiro atoms. The van der Waals surface area contributed by atoms with Crippen molar-refractivity contribution in [2.24, 2.45) is 0 Å². The Hall–Kier alpha value is -2.31. The Kier molecular flexibility index (Phi) is 2.42. The van der Waals surface area contributed by atoms with Crippen molar-refractivity contribution in [1.29, 1.82) is 0 Å². The number of halogens is 1. The first-order valence-electron chi connectivity index (χ1n) is 7.53. The van der Waals surface area contributed by atoms with Crippen molar-refractivity contribution >= 4 is 33.1 Å². The highest BCUT2D eigenvalue weighted by atomic mass is 35.5. The number of hydrogen-bond acceptors (Lipinski definition) is 0. The molecule has 104 valence electrons.